The first-order valence-electron chi connectivity index (χ1n) is 3.01. The maximum atomic E-state index is 4.97. The van der Waals surface area contributed by atoms with Crippen molar-refractivity contribution in [3.8, 4) is 0 Å². The van der Waals surface area contributed by atoms with Gasteiger partial charge in [-0.1, -0.05) is 13.2 Å². The van der Waals surface area contributed by atoms with Gasteiger partial charge in [-0.15, -0.1) is 0 Å². The third-order valence-electron chi connectivity index (χ3n) is 1.14. The Balaban J connectivity index is 4.50. The minimum absolute atomic E-state index is 0.706. The molecule has 0 spiro atoms. The van der Waals surface area contributed by atoms with Gasteiger partial charge < -0.3 is 10.1 Å². The Bertz CT molecular complexity index is 141. The lowest BCUT2D eigenvalue weighted by Gasteiger charge is -2.05. The lowest BCUT2D eigenvalue weighted by Crippen LogP contribution is -2.06. The summed E-state index contributed by atoms with van der Waals surface area (Å²) in [5.74, 6) is 0.706. The fourth-order valence-corrected chi connectivity index (χ4v) is 0.629. The second-order valence-electron chi connectivity index (χ2n) is 1.64. The Morgan fingerprint density at radius 1 is 1.40 bits per heavy atom. The molecule has 0 saturated carbocycles. The summed E-state index contributed by atoms with van der Waals surface area (Å²) in [6.45, 7) is 7.18. The van der Waals surface area contributed by atoms with Gasteiger partial charge in [0.15, 0.2) is 0 Å². The van der Waals surface area contributed by atoms with Gasteiger partial charge >= 0.3 is 0 Å². The minimum Gasteiger partial charge on any atom is -0.495 e. The molecule has 0 radical (unpaired) electrons. The first-order chi connectivity index (χ1) is 4.79. The smallest absolute Gasteiger partial charge is 0.141 e. The van der Waals surface area contributed by atoms with E-state index in [-0.39, 0.29) is 0 Å². The normalized spacial score (nSPS) is 11.4. The van der Waals surface area contributed by atoms with E-state index >= 15 is 0 Å². The Hall–Kier alpha value is -1.18. The number of hydrogen-bond acceptors (Lipinski definition) is 2. The van der Waals surface area contributed by atoms with E-state index in [9.17, 15) is 0 Å². The van der Waals surface area contributed by atoms with Crippen molar-refractivity contribution in [1.82, 2.24) is 5.32 Å². The standard InChI is InChI=1S/C8H13NO/c1-5-7(9-3)8(6-2)10-4/h5-6,9H,1-2H2,3-4H3/b8-7-. The maximum Gasteiger partial charge on any atom is 0.141 e. The van der Waals surface area contributed by atoms with Gasteiger partial charge in [-0.2, -0.15) is 0 Å². The lowest BCUT2D eigenvalue weighted by atomic mass is 10.3. The minimum atomic E-state index is 0.706. The van der Waals surface area contributed by atoms with Crippen LogP contribution in [-0.4, -0.2) is 14.2 Å². The average Bonchev–Trinajstić information content (AvgIpc) is 2.00. The molecule has 0 atom stereocenters. The van der Waals surface area contributed by atoms with Gasteiger partial charge in [0.2, 0.25) is 0 Å². The van der Waals surface area contributed by atoms with E-state index in [1.54, 1.807) is 26.3 Å². The first kappa shape index (κ1) is 8.82. The number of hydrogen-bond donors (Lipinski definition) is 1. The van der Waals surface area contributed by atoms with Crippen LogP contribution in [0.4, 0.5) is 0 Å². The molecule has 0 aliphatic heterocycles. The molecule has 0 saturated heterocycles. The summed E-state index contributed by atoms with van der Waals surface area (Å²) in [4.78, 5) is 0. The first-order valence-corrected chi connectivity index (χ1v) is 3.01. The van der Waals surface area contributed by atoms with Crippen molar-refractivity contribution < 1.29 is 4.74 Å². The van der Waals surface area contributed by atoms with Gasteiger partial charge in [0, 0.05) is 7.05 Å². The number of rotatable bonds is 4. The summed E-state index contributed by atoms with van der Waals surface area (Å²) in [6.07, 6.45) is 3.31. The third kappa shape index (κ3) is 1.97. The van der Waals surface area contributed by atoms with E-state index < -0.39 is 0 Å². The van der Waals surface area contributed by atoms with Crippen LogP contribution in [0.5, 0.6) is 0 Å². The van der Waals surface area contributed by atoms with Crippen molar-refractivity contribution in [2.24, 2.45) is 0 Å². The van der Waals surface area contributed by atoms with Gasteiger partial charge in [-0.3, -0.25) is 0 Å². The molecular formula is C8H13NO. The molecule has 10 heavy (non-hydrogen) atoms. The SMILES string of the molecule is C=C/C(NC)=C(\C=C)OC. The molecule has 0 aromatic carbocycles. The van der Waals surface area contributed by atoms with Crippen LogP contribution in [0.2, 0.25) is 0 Å². The van der Waals surface area contributed by atoms with Crippen molar-refractivity contribution in [2.45, 2.75) is 0 Å². The van der Waals surface area contributed by atoms with Crippen molar-refractivity contribution >= 4 is 0 Å². The highest BCUT2D eigenvalue weighted by molar-refractivity contribution is 5.24. The van der Waals surface area contributed by atoms with E-state index in [2.05, 4.69) is 18.5 Å². The molecule has 56 valence electrons. The third-order valence-corrected chi connectivity index (χ3v) is 1.14. The van der Waals surface area contributed by atoms with Crippen LogP contribution in [-0.2, 0) is 4.74 Å². The van der Waals surface area contributed by atoms with Gasteiger partial charge in [-0.25, -0.2) is 0 Å². The van der Waals surface area contributed by atoms with Crippen molar-refractivity contribution in [3.05, 3.63) is 36.8 Å². The molecule has 2 nitrogen and oxygen atoms in total. The molecule has 0 bridgehead atoms. The van der Waals surface area contributed by atoms with Crippen LogP contribution in [0.3, 0.4) is 0 Å². The van der Waals surface area contributed by atoms with E-state index in [1.807, 2.05) is 0 Å². The molecule has 0 amide bonds. The molecule has 0 rings (SSSR count). The Morgan fingerprint density at radius 3 is 2.10 bits per heavy atom. The van der Waals surface area contributed by atoms with Gasteiger partial charge in [-0.05, 0) is 12.2 Å². The lowest BCUT2D eigenvalue weighted by molar-refractivity contribution is 0.301. The Kier molecular flexibility index (Phi) is 4.12. The monoisotopic (exact) mass is 139 g/mol. The van der Waals surface area contributed by atoms with Crippen LogP contribution < -0.4 is 5.32 Å². The van der Waals surface area contributed by atoms with Crippen LogP contribution in [0.1, 0.15) is 0 Å². The summed E-state index contributed by atoms with van der Waals surface area (Å²) in [6, 6.07) is 0. The number of likely N-dealkylation sites (N-methyl/N-ethyl adjacent to an activating group) is 1. The molecule has 0 heterocycles. The second-order valence-corrected chi connectivity index (χ2v) is 1.64. The van der Waals surface area contributed by atoms with Gasteiger partial charge in [0.1, 0.15) is 5.76 Å². The zero-order valence-corrected chi connectivity index (χ0v) is 6.48. The number of allylic oxidation sites excluding steroid dienone is 2. The molecule has 0 aliphatic rings. The van der Waals surface area contributed by atoms with E-state index in [0.717, 1.165) is 5.70 Å². The highest BCUT2D eigenvalue weighted by Crippen LogP contribution is 2.02. The largest absolute Gasteiger partial charge is 0.495 e. The van der Waals surface area contributed by atoms with E-state index in [0.29, 0.717) is 5.76 Å². The van der Waals surface area contributed by atoms with Gasteiger partial charge in [0.25, 0.3) is 0 Å². The van der Waals surface area contributed by atoms with Crippen LogP contribution in [0.15, 0.2) is 36.8 Å². The average molecular weight is 139 g/mol. The number of nitrogens with one attached hydrogen (secondary N) is 1. The molecule has 1 N–H and O–H groups in total. The Morgan fingerprint density at radius 2 is 2.00 bits per heavy atom. The number of ether oxygens (including phenoxy) is 1. The van der Waals surface area contributed by atoms with Crippen molar-refractivity contribution in [2.75, 3.05) is 14.2 Å². The predicted molar refractivity (Wildman–Crippen MR) is 43.5 cm³/mol. The van der Waals surface area contributed by atoms with Crippen LogP contribution in [0.25, 0.3) is 0 Å². The highest BCUT2D eigenvalue weighted by Gasteiger charge is 1.94. The Labute approximate surface area is 61.9 Å². The summed E-state index contributed by atoms with van der Waals surface area (Å²) in [5.41, 5.74) is 0.845. The summed E-state index contributed by atoms with van der Waals surface area (Å²) in [5, 5.41) is 2.92. The topological polar surface area (TPSA) is 21.3 Å². The molecule has 2 heteroatoms. The second kappa shape index (κ2) is 4.68. The summed E-state index contributed by atoms with van der Waals surface area (Å²) < 4.78 is 4.97. The quantitative estimate of drug-likeness (QED) is 0.470. The molecule has 0 aliphatic carbocycles. The van der Waals surface area contributed by atoms with Gasteiger partial charge in [0.05, 0.1) is 12.8 Å². The fourth-order valence-electron chi connectivity index (χ4n) is 0.629. The van der Waals surface area contributed by atoms with Crippen LogP contribution >= 0.6 is 0 Å². The summed E-state index contributed by atoms with van der Waals surface area (Å²) in [7, 11) is 3.40. The summed E-state index contributed by atoms with van der Waals surface area (Å²) >= 11 is 0. The van der Waals surface area contributed by atoms with E-state index in [1.165, 1.54) is 0 Å². The van der Waals surface area contributed by atoms with Crippen molar-refractivity contribution in [3.63, 3.8) is 0 Å². The molecule has 0 aromatic rings. The molecule has 0 unspecified atom stereocenters. The predicted octanol–water partition coefficient (Wildman–Crippen LogP) is 1.44. The fraction of sp³-hybridized carbons (Fsp3) is 0.250. The highest BCUT2D eigenvalue weighted by atomic mass is 16.5. The van der Waals surface area contributed by atoms with E-state index in [4.69, 9.17) is 4.74 Å². The zero-order valence-electron chi connectivity index (χ0n) is 6.48. The van der Waals surface area contributed by atoms with Crippen molar-refractivity contribution in [1.29, 1.82) is 0 Å². The van der Waals surface area contributed by atoms with Crippen LogP contribution in [0, 0.1) is 0 Å². The zero-order chi connectivity index (χ0) is 7.98. The maximum absolute atomic E-state index is 4.97. The molecular weight excluding hydrogens is 126 g/mol. The number of methoxy groups -OCH3 is 1. The molecule has 0 fully saturated rings. The molecule has 0 aromatic heterocycles.